The average molecular weight is 403 g/mol. The van der Waals surface area contributed by atoms with E-state index in [1.807, 2.05) is 25.1 Å². The van der Waals surface area contributed by atoms with Crippen LogP contribution in [0.3, 0.4) is 0 Å². The van der Waals surface area contributed by atoms with Gasteiger partial charge in [0.1, 0.15) is 18.2 Å². The molecule has 2 N–H and O–H groups in total. The van der Waals surface area contributed by atoms with E-state index in [2.05, 4.69) is 31.9 Å². The molecule has 0 heterocycles. The maximum absolute atomic E-state index is 13.2. The molecule has 2 rings (SSSR count). The Bertz CT molecular complexity index is 617. The van der Waals surface area contributed by atoms with Crippen molar-refractivity contribution < 1.29 is 9.13 Å². The summed E-state index contributed by atoms with van der Waals surface area (Å²) < 4.78 is 20.3. The fourth-order valence-corrected chi connectivity index (χ4v) is 2.57. The summed E-state index contributed by atoms with van der Waals surface area (Å²) in [5.74, 6) is 0.447. The number of halogens is 3. The number of ether oxygens (including phenoxy) is 1. The van der Waals surface area contributed by atoms with Crippen LogP contribution in [0.2, 0.25) is 0 Å². The van der Waals surface area contributed by atoms with Crippen molar-refractivity contribution in [2.45, 2.75) is 19.6 Å². The van der Waals surface area contributed by atoms with Crippen molar-refractivity contribution in [2.24, 2.45) is 5.73 Å². The highest BCUT2D eigenvalue weighted by Gasteiger charge is 2.09. The maximum atomic E-state index is 13.2. The minimum absolute atomic E-state index is 0.113. The first-order valence-corrected chi connectivity index (χ1v) is 7.67. The number of nitrogens with two attached hydrogens (primary N) is 1. The van der Waals surface area contributed by atoms with E-state index in [4.69, 9.17) is 10.5 Å². The molecule has 0 aliphatic rings. The van der Waals surface area contributed by atoms with E-state index >= 15 is 0 Å². The Hall–Kier alpha value is -0.910. The lowest BCUT2D eigenvalue weighted by Crippen LogP contribution is -2.08. The molecule has 0 aliphatic carbocycles. The van der Waals surface area contributed by atoms with Crippen LogP contribution >= 0.6 is 31.9 Å². The molecule has 106 valence electrons. The summed E-state index contributed by atoms with van der Waals surface area (Å²) in [5, 5.41) is 0. The van der Waals surface area contributed by atoms with E-state index in [-0.39, 0.29) is 11.9 Å². The van der Waals surface area contributed by atoms with Crippen LogP contribution in [0.15, 0.2) is 45.3 Å². The van der Waals surface area contributed by atoms with Gasteiger partial charge in [-0.15, -0.1) is 0 Å². The lowest BCUT2D eigenvalue weighted by atomic mass is 10.1. The normalized spacial score (nSPS) is 12.2. The first-order valence-electron chi connectivity index (χ1n) is 6.09. The largest absolute Gasteiger partial charge is 0.489 e. The van der Waals surface area contributed by atoms with Crippen molar-refractivity contribution in [1.82, 2.24) is 0 Å². The van der Waals surface area contributed by atoms with Crippen LogP contribution in [0.1, 0.15) is 24.1 Å². The van der Waals surface area contributed by atoms with E-state index in [1.54, 1.807) is 12.1 Å². The second-order valence-electron chi connectivity index (χ2n) is 4.51. The van der Waals surface area contributed by atoms with Crippen molar-refractivity contribution in [3.63, 3.8) is 0 Å². The average Bonchev–Trinajstić information content (AvgIpc) is 2.40. The Balaban J connectivity index is 2.17. The number of benzene rings is 2. The van der Waals surface area contributed by atoms with Crippen molar-refractivity contribution in [1.29, 1.82) is 0 Å². The van der Waals surface area contributed by atoms with Gasteiger partial charge in [0.25, 0.3) is 0 Å². The molecule has 0 aromatic heterocycles. The van der Waals surface area contributed by atoms with E-state index in [1.165, 1.54) is 6.07 Å². The van der Waals surface area contributed by atoms with Crippen molar-refractivity contribution in [2.75, 3.05) is 0 Å². The Labute approximate surface area is 134 Å². The third kappa shape index (κ3) is 3.81. The minimum Gasteiger partial charge on any atom is -0.489 e. The first-order chi connectivity index (χ1) is 9.47. The number of hydrogen-bond donors (Lipinski definition) is 1. The fraction of sp³-hybridized carbons (Fsp3) is 0.200. The van der Waals surface area contributed by atoms with Crippen LogP contribution in [0.25, 0.3) is 0 Å². The van der Waals surface area contributed by atoms with Gasteiger partial charge in [-0.25, -0.2) is 4.39 Å². The fourth-order valence-electron chi connectivity index (χ4n) is 1.80. The topological polar surface area (TPSA) is 35.2 Å². The quantitative estimate of drug-likeness (QED) is 0.785. The SMILES string of the molecule is CC(N)c1ccc(Br)cc1OCc1ccc(F)c(Br)c1. The molecule has 0 fully saturated rings. The van der Waals surface area contributed by atoms with E-state index in [0.717, 1.165) is 21.3 Å². The zero-order valence-corrected chi connectivity index (χ0v) is 14.0. The van der Waals surface area contributed by atoms with Crippen molar-refractivity contribution in [3.8, 4) is 5.75 Å². The Morgan fingerprint density at radius 1 is 1.20 bits per heavy atom. The van der Waals surface area contributed by atoms with Gasteiger partial charge < -0.3 is 10.5 Å². The smallest absolute Gasteiger partial charge is 0.137 e. The van der Waals surface area contributed by atoms with Crippen LogP contribution in [0, 0.1) is 5.82 Å². The molecule has 0 saturated carbocycles. The highest BCUT2D eigenvalue weighted by atomic mass is 79.9. The summed E-state index contributed by atoms with van der Waals surface area (Å²) in [4.78, 5) is 0. The van der Waals surface area contributed by atoms with E-state index in [9.17, 15) is 4.39 Å². The third-order valence-electron chi connectivity index (χ3n) is 2.84. The number of hydrogen-bond acceptors (Lipinski definition) is 2. The predicted molar refractivity (Wildman–Crippen MR) is 85.2 cm³/mol. The lowest BCUT2D eigenvalue weighted by molar-refractivity contribution is 0.301. The standard InChI is InChI=1S/C15H14Br2FNO/c1-9(19)12-4-3-11(16)7-15(12)20-8-10-2-5-14(18)13(17)6-10/h2-7,9H,8,19H2,1H3. The zero-order valence-electron chi connectivity index (χ0n) is 10.9. The minimum atomic E-state index is -0.285. The molecule has 20 heavy (non-hydrogen) atoms. The summed E-state index contributed by atoms with van der Waals surface area (Å²) >= 11 is 6.58. The Kier molecular flexibility index (Phi) is 5.18. The summed E-state index contributed by atoms with van der Waals surface area (Å²) in [7, 11) is 0. The molecule has 1 unspecified atom stereocenters. The van der Waals surface area contributed by atoms with Gasteiger partial charge in [0.05, 0.1) is 4.47 Å². The first kappa shape index (κ1) is 15.5. The molecule has 0 radical (unpaired) electrons. The molecule has 0 bridgehead atoms. The zero-order chi connectivity index (χ0) is 14.7. The molecule has 2 nitrogen and oxygen atoms in total. The van der Waals surface area contributed by atoms with Gasteiger partial charge in [0.2, 0.25) is 0 Å². The predicted octanol–water partition coefficient (Wildman–Crippen LogP) is 4.95. The molecule has 0 aliphatic heterocycles. The molecule has 2 aromatic rings. The third-order valence-corrected chi connectivity index (χ3v) is 3.95. The molecular weight excluding hydrogens is 389 g/mol. The van der Waals surface area contributed by atoms with E-state index < -0.39 is 0 Å². The monoisotopic (exact) mass is 401 g/mol. The van der Waals surface area contributed by atoms with Gasteiger partial charge in [-0.3, -0.25) is 0 Å². The van der Waals surface area contributed by atoms with Gasteiger partial charge in [0, 0.05) is 16.1 Å². The second kappa shape index (κ2) is 6.70. The van der Waals surface area contributed by atoms with E-state index in [0.29, 0.717) is 11.1 Å². The van der Waals surface area contributed by atoms with Crippen LogP contribution < -0.4 is 10.5 Å². The highest BCUT2D eigenvalue weighted by Crippen LogP contribution is 2.28. The summed E-state index contributed by atoms with van der Waals surface area (Å²) in [6.45, 7) is 2.26. The van der Waals surface area contributed by atoms with Crippen LogP contribution in [0.5, 0.6) is 5.75 Å². The molecule has 0 spiro atoms. The maximum Gasteiger partial charge on any atom is 0.137 e. The second-order valence-corrected chi connectivity index (χ2v) is 6.28. The van der Waals surface area contributed by atoms with Crippen LogP contribution in [-0.4, -0.2) is 0 Å². The molecule has 5 heteroatoms. The van der Waals surface area contributed by atoms with Crippen LogP contribution in [0.4, 0.5) is 4.39 Å². The van der Waals surface area contributed by atoms with Gasteiger partial charge in [-0.2, -0.15) is 0 Å². The Morgan fingerprint density at radius 3 is 2.60 bits per heavy atom. The van der Waals surface area contributed by atoms with Gasteiger partial charge >= 0.3 is 0 Å². The molecule has 0 amide bonds. The van der Waals surface area contributed by atoms with Gasteiger partial charge in [0.15, 0.2) is 0 Å². The Morgan fingerprint density at radius 2 is 1.95 bits per heavy atom. The number of rotatable bonds is 4. The van der Waals surface area contributed by atoms with Gasteiger partial charge in [-0.05, 0) is 52.7 Å². The summed E-state index contributed by atoms with van der Waals surface area (Å²) in [5.41, 5.74) is 7.75. The summed E-state index contributed by atoms with van der Waals surface area (Å²) in [6.07, 6.45) is 0. The lowest BCUT2D eigenvalue weighted by Gasteiger charge is -2.14. The van der Waals surface area contributed by atoms with Crippen LogP contribution in [-0.2, 0) is 6.61 Å². The highest BCUT2D eigenvalue weighted by molar-refractivity contribution is 9.10. The molecular formula is C15H14Br2FNO. The van der Waals surface area contributed by atoms with Gasteiger partial charge in [-0.1, -0.05) is 28.1 Å². The molecule has 1 atom stereocenters. The molecule has 0 saturated heterocycles. The molecule has 2 aromatic carbocycles. The van der Waals surface area contributed by atoms with Crippen molar-refractivity contribution >= 4 is 31.9 Å². The summed E-state index contributed by atoms with van der Waals surface area (Å²) in [6, 6.07) is 10.5. The van der Waals surface area contributed by atoms with Crippen molar-refractivity contribution in [3.05, 3.63) is 62.3 Å².